The third kappa shape index (κ3) is 5.11. The van der Waals surface area contributed by atoms with Gasteiger partial charge >= 0.3 is 0 Å². The van der Waals surface area contributed by atoms with Crippen LogP contribution in [0.5, 0.6) is 0 Å². The minimum absolute atomic E-state index is 0.0200. The molecule has 29 heavy (non-hydrogen) atoms. The third-order valence-corrected chi connectivity index (χ3v) is 6.12. The average molecular weight is 406 g/mol. The lowest BCUT2D eigenvalue weighted by molar-refractivity contribution is -0.140. The fourth-order valence-corrected chi connectivity index (χ4v) is 4.19. The van der Waals surface area contributed by atoms with Gasteiger partial charge in [0.25, 0.3) is 0 Å². The maximum atomic E-state index is 13.5. The molecule has 1 aliphatic carbocycles. The fraction of sp³-hybridized carbons (Fsp3) is 0.619. The Kier molecular flexibility index (Phi) is 6.10. The van der Waals surface area contributed by atoms with Crippen LogP contribution in [0.2, 0.25) is 0 Å². The highest BCUT2D eigenvalue weighted by molar-refractivity contribution is 5.88. The minimum atomic E-state index is -0.902. The normalized spacial score (nSPS) is 23.9. The van der Waals surface area contributed by atoms with E-state index in [0.717, 1.165) is 37.7 Å². The lowest BCUT2D eigenvalue weighted by Gasteiger charge is -2.38. The topological polar surface area (TPSA) is 55.9 Å². The fourth-order valence-electron chi connectivity index (χ4n) is 4.19. The molecule has 2 heterocycles. The first kappa shape index (κ1) is 20.2. The standard InChI is InChI=1S/C21H28F2N4O2/c22-17-4-3-16(11-18(17)23)14-27-6-5-24-21(29)19(27)12-20(28)26-9-7-25(8-10-26)13-15-1-2-15/h3-4,11,15,19H,1-2,5-10,12-14H2,(H,24,29)/t19-/m0/s1. The first-order valence-corrected chi connectivity index (χ1v) is 10.5. The Morgan fingerprint density at radius 1 is 1.07 bits per heavy atom. The zero-order valence-corrected chi connectivity index (χ0v) is 16.6. The highest BCUT2D eigenvalue weighted by Crippen LogP contribution is 2.30. The van der Waals surface area contributed by atoms with E-state index >= 15 is 0 Å². The number of carbonyl (C=O) groups is 2. The van der Waals surface area contributed by atoms with E-state index in [1.807, 2.05) is 9.80 Å². The molecule has 4 rings (SSSR count). The summed E-state index contributed by atoms with van der Waals surface area (Å²) in [5.41, 5.74) is 0.588. The molecule has 2 amide bonds. The maximum Gasteiger partial charge on any atom is 0.237 e. The summed E-state index contributed by atoms with van der Waals surface area (Å²) < 4.78 is 26.7. The molecule has 1 saturated carbocycles. The van der Waals surface area contributed by atoms with Gasteiger partial charge in [-0.2, -0.15) is 0 Å². The van der Waals surface area contributed by atoms with Crippen molar-refractivity contribution in [3.63, 3.8) is 0 Å². The van der Waals surface area contributed by atoms with Crippen LogP contribution in [0, 0.1) is 17.6 Å². The van der Waals surface area contributed by atoms with E-state index in [1.54, 1.807) is 0 Å². The third-order valence-electron chi connectivity index (χ3n) is 6.12. The number of nitrogens with one attached hydrogen (secondary N) is 1. The summed E-state index contributed by atoms with van der Waals surface area (Å²) in [6, 6.07) is 3.17. The second-order valence-corrected chi connectivity index (χ2v) is 8.35. The molecule has 6 nitrogen and oxygen atoms in total. The van der Waals surface area contributed by atoms with Crippen LogP contribution in [0.3, 0.4) is 0 Å². The van der Waals surface area contributed by atoms with E-state index in [0.29, 0.717) is 38.3 Å². The Bertz CT molecular complexity index is 763. The molecular formula is C21H28F2N4O2. The molecule has 3 aliphatic rings. The van der Waals surface area contributed by atoms with Crippen LogP contribution in [-0.2, 0) is 16.1 Å². The van der Waals surface area contributed by atoms with Gasteiger partial charge in [-0.05, 0) is 36.5 Å². The number of hydrogen-bond donors (Lipinski definition) is 1. The Morgan fingerprint density at radius 2 is 1.83 bits per heavy atom. The molecule has 1 N–H and O–H groups in total. The summed E-state index contributed by atoms with van der Waals surface area (Å²) in [7, 11) is 0. The number of piperazine rings is 2. The van der Waals surface area contributed by atoms with Crippen LogP contribution in [0.25, 0.3) is 0 Å². The van der Waals surface area contributed by atoms with Crippen molar-refractivity contribution in [2.75, 3.05) is 45.8 Å². The summed E-state index contributed by atoms with van der Waals surface area (Å²) in [6.45, 7) is 5.65. The summed E-state index contributed by atoms with van der Waals surface area (Å²) in [5.74, 6) is -1.15. The van der Waals surface area contributed by atoms with Crippen molar-refractivity contribution in [1.82, 2.24) is 20.0 Å². The minimum Gasteiger partial charge on any atom is -0.353 e. The van der Waals surface area contributed by atoms with E-state index in [2.05, 4.69) is 10.2 Å². The summed E-state index contributed by atoms with van der Waals surface area (Å²) in [5, 5.41) is 2.82. The zero-order chi connectivity index (χ0) is 20.4. The quantitative estimate of drug-likeness (QED) is 0.772. The van der Waals surface area contributed by atoms with Crippen molar-refractivity contribution >= 4 is 11.8 Å². The van der Waals surface area contributed by atoms with Crippen LogP contribution in [-0.4, -0.2) is 78.4 Å². The van der Waals surface area contributed by atoms with Crippen molar-refractivity contribution in [2.24, 2.45) is 5.92 Å². The van der Waals surface area contributed by atoms with Crippen molar-refractivity contribution < 1.29 is 18.4 Å². The summed E-state index contributed by atoms with van der Waals surface area (Å²) in [6.07, 6.45) is 2.76. The predicted octanol–water partition coefficient (Wildman–Crippen LogP) is 1.21. The Hall–Kier alpha value is -2.06. The predicted molar refractivity (Wildman–Crippen MR) is 104 cm³/mol. The smallest absolute Gasteiger partial charge is 0.237 e. The Morgan fingerprint density at radius 3 is 2.52 bits per heavy atom. The maximum absolute atomic E-state index is 13.5. The molecule has 3 fully saturated rings. The van der Waals surface area contributed by atoms with Gasteiger partial charge in [-0.1, -0.05) is 6.07 Å². The molecule has 0 bridgehead atoms. The number of hydrogen-bond acceptors (Lipinski definition) is 4. The average Bonchev–Trinajstić information content (AvgIpc) is 3.52. The van der Waals surface area contributed by atoms with Crippen LogP contribution in [0.1, 0.15) is 24.8 Å². The van der Waals surface area contributed by atoms with Gasteiger partial charge in [-0.25, -0.2) is 8.78 Å². The molecule has 8 heteroatoms. The van der Waals surface area contributed by atoms with E-state index in [-0.39, 0.29) is 18.2 Å². The number of rotatable bonds is 6. The zero-order valence-electron chi connectivity index (χ0n) is 16.6. The lowest BCUT2D eigenvalue weighted by Crippen LogP contribution is -2.57. The molecule has 0 radical (unpaired) electrons. The highest BCUT2D eigenvalue weighted by Gasteiger charge is 2.34. The molecule has 2 saturated heterocycles. The second kappa shape index (κ2) is 8.75. The van der Waals surface area contributed by atoms with E-state index < -0.39 is 17.7 Å². The molecule has 1 aromatic carbocycles. The molecule has 0 unspecified atom stereocenters. The van der Waals surface area contributed by atoms with Crippen LogP contribution in [0.4, 0.5) is 8.78 Å². The van der Waals surface area contributed by atoms with Gasteiger partial charge in [0.05, 0.1) is 12.5 Å². The van der Waals surface area contributed by atoms with Crippen molar-refractivity contribution in [3.8, 4) is 0 Å². The largest absolute Gasteiger partial charge is 0.353 e. The molecular weight excluding hydrogens is 378 g/mol. The molecule has 1 aromatic rings. The van der Waals surface area contributed by atoms with Crippen LogP contribution in [0.15, 0.2) is 18.2 Å². The first-order valence-electron chi connectivity index (χ1n) is 10.5. The van der Waals surface area contributed by atoms with Crippen LogP contribution >= 0.6 is 0 Å². The number of benzene rings is 1. The number of halogens is 2. The number of nitrogens with zero attached hydrogens (tertiary/aromatic N) is 3. The lowest BCUT2D eigenvalue weighted by atomic mass is 10.1. The van der Waals surface area contributed by atoms with Gasteiger partial charge in [0.15, 0.2) is 11.6 Å². The number of carbonyl (C=O) groups excluding carboxylic acids is 2. The molecule has 0 spiro atoms. The second-order valence-electron chi connectivity index (χ2n) is 8.35. The molecule has 158 valence electrons. The van der Waals surface area contributed by atoms with E-state index in [1.165, 1.54) is 18.9 Å². The highest BCUT2D eigenvalue weighted by atomic mass is 19.2. The van der Waals surface area contributed by atoms with Gasteiger partial charge in [-0.3, -0.25) is 19.4 Å². The summed E-state index contributed by atoms with van der Waals surface area (Å²) in [4.78, 5) is 31.4. The Balaban J connectivity index is 1.34. The monoisotopic (exact) mass is 406 g/mol. The van der Waals surface area contributed by atoms with Gasteiger partial charge in [-0.15, -0.1) is 0 Å². The molecule has 2 aliphatic heterocycles. The van der Waals surface area contributed by atoms with Gasteiger partial charge in [0.1, 0.15) is 0 Å². The van der Waals surface area contributed by atoms with Crippen molar-refractivity contribution in [3.05, 3.63) is 35.4 Å². The molecule has 1 atom stereocenters. The van der Waals surface area contributed by atoms with E-state index in [9.17, 15) is 18.4 Å². The number of amides is 2. The molecule has 0 aromatic heterocycles. The van der Waals surface area contributed by atoms with Gasteiger partial charge in [0, 0.05) is 52.4 Å². The summed E-state index contributed by atoms with van der Waals surface area (Å²) >= 11 is 0. The van der Waals surface area contributed by atoms with Gasteiger partial charge < -0.3 is 10.2 Å². The van der Waals surface area contributed by atoms with Crippen molar-refractivity contribution in [1.29, 1.82) is 0 Å². The van der Waals surface area contributed by atoms with Crippen LogP contribution < -0.4 is 5.32 Å². The van der Waals surface area contributed by atoms with E-state index in [4.69, 9.17) is 0 Å². The Labute approximate surface area is 169 Å². The van der Waals surface area contributed by atoms with Gasteiger partial charge in [0.2, 0.25) is 11.8 Å². The first-order chi connectivity index (χ1) is 14.0. The van der Waals surface area contributed by atoms with Crippen molar-refractivity contribution in [2.45, 2.75) is 31.8 Å². The SMILES string of the molecule is O=C1NCCN(Cc2ccc(F)c(F)c2)[C@H]1CC(=O)N1CCN(CC2CC2)CC1.